The molecule has 2 aliphatic heterocycles. The van der Waals surface area contributed by atoms with Crippen molar-refractivity contribution in [3.63, 3.8) is 0 Å². The zero-order chi connectivity index (χ0) is 20.1. The molecule has 3 aliphatic rings. The third-order valence-electron chi connectivity index (χ3n) is 5.68. The number of likely N-dealkylation sites (tertiary alicyclic amines) is 1. The van der Waals surface area contributed by atoms with Gasteiger partial charge in [0.25, 0.3) is 0 Å². The minimum absolute atomic E-state index is 0.158. The first-order chi connectivity index (χ1) is 13.6. The summed E-state index contributed by atoms with van der Waals surface area (Å²) in [5.41, 5.74) is 9.83. The van der Waals surface area contributed by atoms with Gasteiger partial charge in [-0.1, -0.05) is 37.6 Å². The van der Waals surface area contributed by atoms with Crippen LogP contribution < -0.4 is 15.8 Å². The Morgan fingerprint density at radius 3 is 2.54 bits per heavy atom. The summed E-state index contributed by atoms with van der Waals surface area (Å²) in [5.74, 6) is 1.37. The molecule has 1 saturated carbocycles. The Labute approximate surface area is 174 Å². The van der Waals surface area contributed by atoms with E-state index in [1.807, 2.05) is 13.8 Å². The van der Waals surface area contributed by atoms with Gasteiger partial charge in [-0.15, -0.1) is 0 Å². The molecule has 1 atom stereocenters. The number of nitrogens with one attached hydrogen (secondary N) is 1. The highest BCUT2D eigenvalue weighted by Gasteiger charge is 2.29. The second-order valence-corrected chi connectivity index (χ2v) is 8.11. The molecule has 1 aliphatic carbocycles. The molecular formula is C23H34ClN3O. The van der Waals surface area contributed by atoms with Crippen molar-refractivity contribution in [1.82, 2.24) is 10.2 Å². The number of hydrogen-bond acceptors (Lipinski definition) is 4. The van der Waals surface area contributed by atoms with Crippen LogP contribution in [0, 0.1) is 0 Å². The zero-order valence-electron chi connectivity index (χ0n) is 17.4. The van der Waals surface area contributed by atoms with Crippen LogP contribution in [0.3, 0.4) is 0 Å². The van der Waals surface area contributed by atoms with Gasteiger partial charge in [0.15, 0.2) is 0 Å². The average molecular weight is 404 g/mol. The van der Waals surface area contributed by atoms with Gasteiger partial charge in [0.1, 0.15) is 5.75 Å². The van der Waals surface area contributed by atoms with Gasteiger partial charge in [-0.25, -0.2) is 0 Å². The van der Waals surface area contributed by atoms with Gasteiger partial charge in [-0.2, -0.15) is 0 Å². The number of piperidine rings is 1. The van der Waals surface area contributed by atoms with E-state index < -0.39 is 0 Å². The van der Waals surface area contributed by atoms with Crippen molar-refractivity contribution in [2.75, 3.05) is 26.7 Å². The predicted octanol–water partition coefficient (Wildman–Crippen LogP) is 4.76. The van der Waals surface area contributed by atoms with Gasteiger partial charge >= 0.3 is 0 Å². The minimum Gasteiger partial charge on any atom is -0.495 e. The fourth-order valence-corrected chi connectivity index (χ4v) is 4.25. The number of rotatable bonds is 5. The zero-order valence-corrected chi connectivity index (χ0v) is 18.1. The fraction of sp³-hybridized carbons (Fsp3) is 0.565. The lowest BCUT2D eigenvalue weighted by molar-refractivity contribution is 0.230. The average Bonchev–Trinajstić information content (AvgIpc) is 3.57. The Morgan fingerprint density at radius 1 is 1.18 bits per heavy atom. The summed E-state index contributed by atoms with van der Waals surface area (Å²) >= 11 is 6.53. The van der Waals surface area contributed by atoms with E-state index in [9.17, 15) is 0 Å². The van der Waals surface area contributed by atoms with Crippen LogP contribution in [-0.2, 0) is 0 Å². The van der Waals surface area contributed by atoms with Crippen molar-refractivity contribution in [2.45, 2.75) is 57.5 Å². The highest BCUT2D eigenvalue weighted by Crippen LogP contribution is 2.47. The second kappa shape index (κ2) is 9.82. The molecule has 2 heterocycles. The van der Waals surface area contributed by atoms with E-state index in [1.165, 1.54) is 29.5 Å². The molecule has 4 nitrogen and oxygen atoms in total. The van der Waals surface area contributed by atoms with E-state index in [1.54, 1.807) is 7.11 Å². The molecule has 3 N–H and O–H groups in total. The van der Waals surface area contributed by atoms with Gasteiger partial charge in [0.05, 0.1) is 18.2 Å². The van der Waals surface area contributed by atoms with Crippen molar-refractivity contribution in [3.8, 4) is 5.75 Å². The smallest absolute Gasteiger partial charge is 0.138 e. The number of halogens is 1. The lowest BCUT2D eigenvalue weighted by Gasteiger charge is -2.31. The number of benzene rings is 1. The summed E-state index contributed by atoms with van der Waals surface area (Å²) in [7, 11) is 1.69. The molecule has 0 spiro atoms. The van der Waals surface area contributed by atoms with Crippen LogP contribution in [-0.4, -0.2) is 37.7 Å². The molecule has 0 aromatic heterocycles. The molecule has 1 saturated heterocycles. The molecule has 1 aromatic carbocycles. The summed E-state index contributed by atoms with van der Waals surface area (Å²) in [6.07, 6.45) is 11.2. The van der Waals surface area contributed by atoms with E-state index in [-0.39, 0.29) is 6.04 Å². The summed E-state index contributed by atoms with van der Waals surface area (Å²) in [5, 5.41) is 4.25. The van der Waals surface area contributed by atoms with Crippen molar-refractivity contribution < 1.29 is 4.74 Å². The topological polar surface area (TPSA) is 50.5 Å². The van der Waals surface area contributed by atoms with Gasteiger partial charge in [-0.3, -0.25) is 4.90 Å². The molecule has 5 heteroatoms. The van der Waals surface area contributed by atoms with Gasteiger partial charge in [-0.05, 0) is 79.7 Å². The van der Waals surface area contributed by atoms with Crippen molar-refractivity contribution in [3.05, 3.63) is 52.2 Å². The van der Waals surface area contributed by atoms with Crippen LogP contribution in [0.15, 0.2) is 36.1 Å². The maximum absolute atomic E-state index is 6.53. The first-order valence-corrected chi connectivity index (χ1v) is 11.0. The number of dihydropyridines is 1. The van der Waals surface area contributed by atoms with Crippen LogP contribution in [0.2, 0.25) is 5.02 Å². The summed E-state index contributed by atoms with van der Waals surface area (Å²) < 4.78 is 5.53. The molecular weight excluding hydrogens is 370 g/mol. The molecule has 28 heavy (non-hydrogen) atoms. The number of nitrogens with two attached hydrogens (primary N) is 1. The van der Waals surface area contributed by atoms with E-state index in [4.69, 9.17) is 22.1 Å². The molecule has 0 bridgehead atoms. The van der Waals surface area contributed by atoms with Gasteiger partial charge in [0, 0.05) is 12.6 Å². The highest BCUT2D eigenvalue weighted by atomic mass is 35.5. The fourth-order valence-electron chi connectivity index (χ4n) is 3.90. The SMILES string of the molecule is CC.COc1cc(C2C=C(CN3CCC(N)CC3)C=CN2)cc(C2CC2)c1Cl. The highest BCUT2D eigenvalue weighted by molar-refractivity contribution is 6.33. The summed E-state index contributed by atoms with van der Waals surface area (Å²) in [6, 6.07) is 4.86. The Morgan fingerprint density at radius 2 is 1.89 bits per heavy atom. The Bertz CT molecular complexity index is 719. The Kier molecular flexibility index (Phi) is 7.44. The van der Waals surface area contributed by atoms with E-state index in [0.717, 1.165) is 43.2 Å². The third-order valence-corrected chi connectivity index (χ3v) is 6.08. The first-order valence-electron chi connectivity index (χ1n) is 10.6. The normalized spacial score (nSPS) is 22.8. The number of nitrogens with zero attached hydrogens (tertiary/aromatic N) is 1. The lowest BCUT2D eigenvalue weighted by Crippen LogP contribution is -2.40. The Hall–Kier alpha value is -1.49. The molecule has 1 aromatic rings. The number of methoxy groups -OCH3 is 1. The maximum Gasteiger partial charge on any atom is 0.138 e. The van der Waals surface area contributed by atoms with Crippen LogP contribution in [0.25, 0.3) is 0 Å². The lowest BCUT2D eigenvalue weighted by atomic mass is 9.97. The molecule has 4 rings (SSSR count). The predicted molar refractivity (Wildman–Crippen MR) is 118 cm³/mol. The van der Waals surface area contributed by atoms with Crippen LogP contribution in [0.5, 0.6) is 5.75 Å². The Balaban J connectivity index is 0.00000109. The monoisotopic (exact) mass is 403 g/mol. The molecule has 2 fully saturated rings. The van der Waals surface area contributed by atoms with Crippen LogP contribution in [0.4, 0.5) is 0 Å². The third kappa shape index (κ3) is 5.11. The standard InChI is InChI=1S/C21H28ClN3O.C2H6/c1-26-20-12-16(11-18(21(20)22)15-2-3-15)19-10-14(4-7-24-19)13-25-8-5-17(23)6-9-25;1-2/h4,7,10-12,15,17,19,24H,2-3,5-6,8-9,13,23H2,1H3;1-2H3. The van der Waals surface area contributed by atoms with Crippen molar-refractivity contribution in [1.29, 1.82) is 0 Å². The summed E-state index contributed by atoms with van der Waals surface area (Å²) in [4.78, 5) is 2.50. The minimum atomic E-state index is 0.158. The molecule has 154 valence electrons. The van der Waals surface area contributed by atoms with Gasteiger partial charge < -0.3 is 15.8 Å². The van der Waals surface area contributed by atoms with E-state index in [0.29, 0.717) is 12.0 Å². The van der Waals surface area contributed by atoms with E-state index in [2.05, 4.69) is 40.7 Å². The van der Waals surface area contributed by atoms with E-state index >= 15 is 0 Å². The number of hydrogen-bond donors (Lipinski definition) is 2. The van der Waals surface area contributed by atoms with Crippen molar-refractivity contribution in [2.24, 2.45) is 5.73 Å². The number of ether oxygens (including phenoxy) is 1. The molecule has 0 amide bonds. The van der Waals surface area contributed by atoms with Crippen molar-refractivity contribution >= 4 is 11.6 Å². The quantitative estimate of drug-likeness (QED) is 0.744. The van der Waals surface area contributed by atoms with Crippen LogP contribution in [0.1, 0.15) is 62.6 Å². The summed E-state index contributed by atoms with van der Waals surface area (Å²) in [6.45, 7) is 7.16. The first kappa shape index (κ1) is 21.2. The maximum atomic E-state index is 6.53. The van der Waals surface area contributed by atoms with Gasteiger partial charge in [0.2, 0.25) is 0 Å². The molecule has 0 radical (unpaired) electrons. The largest absolute Gasteiger partial charge is 0.495 e. The van der Waals surface area contributed by atoms with Crippen LogP contribution >= 0.6 is 11.6 Å². The molecule has 1 unspecified atom stereocenters. The second-order valence-electron chi connectivity index (χ2n) is 7.73.